The fraction of sp³-hybridized carbons (Fsp3) is 0.240. The molecule has 1 aliphatic heterocycles. The molecule has 0 bridgehead atoms. The lowest BCUT2D eigenvalue weighted by molar-refractivity contribution is -0.147. The molecule has 0 aliphatic carbocycles. The summed E-state index contributed by atoms with van der Waals surface area (Å²) in [6.45, 7) is 1.96. The number of anilines is 1. The number of benzene rings is 2. The fourth-order valence-corrected chi connectivity index (χ4v) is 5.62. The van der Waals surface area contributed by atoms with E-state index in [1.54, 1.807) is 17.9 Å². The Balaban J connectivity index is 1.67. The minimum atomic E-state index is -3.17. The minimum Gasteiger partial charge on any atom is -0.479 e. The predicted molar refractivity (Wildman–Crippen MR) is 132 cm³/mol. The predicted octanol–water partition coefficient (Wildman–Crippen LogP) is 2.72. The number of hydrogen-bond donors (Lipinski definition) is 2. The van der Waals surface area contributed by atoms with Crippen LogP contribution >= 0.6 is 0 Å². The van der Waals surface area contributed by atoms with Gasteiger partial charge in [0, 0.05) is 30.4 Å². The van der Waals surface area contributed by atoms with Crippen LogP contribution in [0.15, 0.2) is 60.7 Å². The van der Waals surface area contributed by atoms with Crippen molar-refractivity contribution in [2.75, 3.05) is 29.5 Å². The van der Waals surface area contributed by atoms with Crippen molar-refractivity contribution in [1.29, 1.82) is 0 Å². The number of carbonyl (C=O) groups is 1. The first-order valence-corrected chi connectivity index (χ1v) is 13.0. The van der Waals surface area contributed by atoms with E-state index in [1.807, 2.05) is 54.6 Å². The number of aromatic nitrogens is 3. The third-order valence-corrected chi connectivity index (χ3v) is 7.83. The van der Waals surface area contributed by atoms with Gasteiger partial charge in [0.15, 0.2) is 21.6 Å². The van der Waals surface area contributed by atoms with E-state index in [9.17, 15) is 23.4 Å². The van der Waals surface area contributed by atoms with Crippen LogP contribution in [0.25, 0.3) is 28.0 Å². The summed E-state index contributed by atoms with van der Waals surface area (Å²) in [6, 6.07) is 19.7. The van der Waals surface area contributed by atoms with Crippen LogP contribution in [0.5, 0.6) is 0 Å². The van der Waals surface area contributed by atoms with Gasteiger partial charge >= 0.3 is 5.97 Å². The molecule has 9 nitrogen and oxygen atoms in total. The molecular weight excluding hydrogens is 468 g/mol. The van der Waals surface area contributed by atoms with Crippen LogP contribution < -0.4 is 4.90 Å². The molecule has 1 fully saturated rings. The average Bonchev–Trinajstić information content (AvgIpc) is 3.27. The maximum absolute atomic E-state index is 12.0. The Labute approximate surface area is 202 Å². The zero-order valence-electron chi connectivity index (χ0n) is 19.0. The second kappa shape index (κ2) is 8.79. The number of carboxylic acid groups (broad SMARTS) is 1. The van der Waals surface area contributed by atoms with Crippen LogP contribution in [0.1, 0.15) is 17.4 Å². The number of hydrogen-bond acceptors (Lipinski definition) is 7. The van der Waals surface area contributed by atoms with Gasteiger partial charge in [-0.1, -0.05) is 48.5 Å². The molecule has 2 aromatic carbocycles. The Morgan fingerprint density at radius 2 is 1.63 bits per heavy atom. The highest BCUT2D eigenvalue weighted by atomic mass is 32.2. The van der Waals surface area contributed by atoms with Crippen molar-refractivity contribution in [3.63, 3.8) is 0 Å². The van der Waals surface area contributed by atoms with Crippen LogP contribution in [0.4, 0.5) is 5.82 Å². The van der Waals surface area contributed by atoms with Gasteiger partial charge in [-0.05, 0) is 24.1 Å². The van der Waals surface area contributed by atoms with Gasteiger partial charge in [-0.15, -0.1) is 0 Å². The van der Waals surface area contributed by atoms with Crippen LogP contribution in [-0.2, 0) is 14.6 Å². The number of nitrogens with zero attached hydrogens (tertiary/aromatic N) is 4. The molecule has 0 unspecified atom stereocenters. The zero-order valence-corrected chi connectivity index (χ0v) is 19.8. The third-order valence-electron chi connectivity index (χ3n) is 6.22. The summed E-state index contributed by atoms with van der Waals surface area (Å²) < 4.78 is 25.5. The molecule has 1 saturated heterocycles. The number of aliphatic hydroxyl groups excluding tert-OH is 1. The lowest BCUT2D eigenvalue weighted by Gasteiger charge is -2.31. The lowest BCUT2D eigenvalue weighted by Crippen LogP contribution is -2.42. The number of aliphatic carboxylic acids is 1. The Hall–Kier alpha value is -3.76. The third kappa shape index (κ3) is 4.38. The summed E-state index contributed by atoms with van der Waals surface area (Å²) in [5.41, 5.74) is 4.50. The largest absolute Gasteiger partial charge is 0.479 e. The molecule has 2 N–H and O–H groups in total. The summed E-state index contributed by atoms with van der Waals surface area (Å²) in [6.07, 6.45) is -1.82. The minimum absolute atomic E-state index is 0.0638. The summed E-state index contributed by atoms with van der Waals surface area (Å²) >= 11 is 0. The lowest BCUT2D eigenvalue weighted by atomic mass is 10.0. The highest BCUT2D eigenvalue weighted by Gasteiger charge is 2.32. The summed E-state index contributed by atoms with van der Waals surface area (Å²) in [4.78, 5) is 18.0. The normalized spacial score (nSPS) is 16.3. The smallest absolute Gasteiger partial charge is 0.337 e. The molecule has 5 rings (SSSR count). The Kier molecular flexibility index (Phi) is 5.78. The van der Waals surface area contributed by atoms with Gasteiger partial charge in [-0.25, -0.2) is 18.2 Å². The maximum atomic E-state index is 12.0. The number of sulfone groups is 1. The molecule has 35 heavy (non-hydrogen) atoms. The van der Waals surface area contributed by atoms with Crippen molar-refractivity contribution >= 4 is 27.3 Å². The van der Waals surface area contributed by atoms with E-state index in [1.165, 1.54) is 4.52 Å². The number of fused-ring (bicyclic) bond motifs is 1. The maximum Gasteiger partial charge on any atom is 0.337 e. The average molecular weight is 493 g/mol. The van der Waals surface area contributed by atoms with Gasteiger partial charge in [0.05, 0.1) is 22.8 Å². The van der Waals surface area contributed by atoms with Gasteiger partial charge in [-0.3, -0.25) is 0 Å². The second-order valence-corrected chi connectivity index (χ2v) is 10.9. The summed E-state index contributed by atoms with van der Waals surface area (Å²) in [5, 5.41) is 24.8. The van der Waals surface area contributed by atoms with Crippen molar-refractivity contribution in [2.45, 2.75) is 13.0 Å². The summed E-state index contributed by atoms with van der Waals surface area (Å²) in [7, 11) is -3.17. The first-order chi connectivity index (χ1) is 16.7. The first kappa shape index (κ1) is 23.0. The first-order valence-electron chi connectivity index (χ1n) is 11.2. The molecule has 1 atom stereocenters. The Morgan fingerprint density at radius 1 is 0.971 bits per heavy atom. The van der Waals surface area contributed by atoms with E-state index >= 15 is 0 Å². The molecule has 0 saturated carbocycles. The molecular formula is C25H24N4O5S. The molecule has 10 heteroatoms. The van der Waals surface area contributed by atoms with Gasteiger partial charge in [0.2, 0.25) is 0 Å². The fourth-order valence-electron chi connectivity index (χ4n) is 4.42. The number of aliphatic hydroxyl groups is 1. The molecule has 2 aromatic heterocycles. The zero-order chi connectivity index (χ0) is 24.7. The standard InChI is InChI=1S/C25H24N4O5S/c1-16-22(23(30)25(31)32)24(28-10-12-35(33,34)13-11-28)29-21(26-16)15-20(27-29)19-9-5-8-18(14-19)17-6-3-2-4-7-17/h2-9,14-15,23,30H,10-13H2,1H3,(H,31,32)/t23-/m0/s1. The number of rotatable bonds is 5. The van der Waals surface area contributed by atoms with Gasteiger partial charge in [0.1, 0.15) is 5.82 Å². The molecule has 3 heterocycles. The van der Waals surface area contributed by atoms with E-state index in [0.29, 0.717) is 22.9 Å². The van der Waals surface area contributed by atoms with Crippen molar-refractivity contribution in [3.8, 4) is 22.4 Å². The van der Waals surface area contributed by atoms with E-state index < -0.39 is 21.9 Å². The van der Waals surface area contributed by atoms with Crippen LogP contribution in [0.2, 0.25) is 0 Å². The Morgan fingerprint density at radius 3 is 2.31 bits per heavy atom. The van der Waals surface area contributed by atoms with Crippen LogP contribution in [0.3, 0.4) is 0 Å². The highest BCUT2D eigenvalue weighted by molar-refractivity contribution is 7.91. The van der Waals surface area contributed by atoms with E-state index in [0.717, 1.165) is 16.7 Å². The molecule has 0 spiro atoms. The van der Waals surface area contributed by atoms with Gasteiger partial charge < -0.3 is 15.1 Å². The summed E-state index contributed by atoms with van der Waals surface area (Å²) in [5.74, 6) is -1.19. The van der Waals surface area contributed by atoms with Gasteiger partial charge in [-0.2, -0.15) is 9.61 Å². The quantitative estimate of drug-likeness (QED) is 0.436. The topological polar surface area (TPSA) is 125 Å². The van der Waals surface area contributed by atoms with Crippen LogP contribution in [-0.4, -0.2) is 63.8 Å². The molecule has 0 amide bonds. The van der Waals surface area contributed by atoms with E-state index in [2.05, 4.69) is 4.98 Å². The van der Waals surface area contributed by atoms with E-state index in [4.69, 9.17) is 5.10 Å². The molecule has 4 aromatic rings. The van der Waals surface area contributed by atoms with Crippen molar-refractivity contribution in [3.05, 3.63) is 71.9 Å². The molecule has 0 radical (unpaired) electrons. The van der Waals surface area contributed by atoms with Crippen LogP contribution in [0, 0.1) is 6.92 Å². The number of aryl methyl sites for hydroxylation is 1. The van der Waals surface area contributed by atoms with Crippen molar-refractivity contribution < 1.29 is 23.4 Å². The van der Waals surface area contributed by atoms with Crippen molar-refractivity contribution in [1.82, 2.24) is 14.6 Å². The van der Waals surface area contributed by atoms with E-state index in [-0.39, 0.29) is 30.2 Å². The van der Waals surface area contributed by atoms with Gasteiger partial charge in [0.25, 0.3) is 0 Å². The number of carboxylic acids is 1. The molecule has 180 valence electrons. The SMILES string of the molecule is Cc1nc2cc(-c3cccc(-c4ccccc4)c3)nn2c(N2CCS(=O)(=O)CC2)c1[C@H](O)C(=O)O. The molecule has 1 aliphatic rings. The Bertz CT molecular complexity index is 1520. The highest BCUT2D eigenvalue weighted by Crippen LogP contribution is 2.33. The second-order valence-electron chi connectivity index (χ2n) is 8.56. The monoisotopic (exact) mass is 492 g/mol. The van der Waals surface area contributed by atoms with Crippen molar-refractivity contribution in [2.24, 2.45) is 0 Å².